The van der Waals surface area contributed by atoms with Gasteiger partial charge in [-0.3, -0.25) is 4.79 Å². The van der Waals surface area contributed by atoms with Crippen LogP contribution in [0.1, 0.15) is 29.2 Å². The zero-order valence-electron chi connectivity index (χ0n) is 17.0. The van der Waals surface area contributed by atoms with Gasteiger partial charge in [0, 0.05) is 6.42 Å². The standard InChI is InChI=1S/C23H26NO4.HI/c1-24(2)12-11-17-13-20-22(28-15-27-20)23(26-3)21(17)19(24)14-18(25)10-9-16-7-5-4-6-8-16;/h4-10,13,19H,11-12,14-15H2,1-3H3;1H/q+1;/p-1. The first-order chi connectivity index (χ1) is 13.5. The number of likely N-dealkylation sites (N-methyl/N-ethyl adjacent to an activating group) is 1. The van der Waals surface area contributed by atoms with Crippen molar-refractivity contribution in [3.8, 4) is 17.2 Å². The van der Waals surface area contributed by atoms with Gasteiger partial charge in [0.1, 0.15) is 6.04 Å². The summed E-state index contributed by atoms with van der Waals surface area (Å²) in [6, 6.07) is 11.9. The van der Waals surface area contributed by atoms with Crippen molar-refractivity contribution in [3.05, 3.63) is 59.2 Å². The van der Waals surface area contributed by atoms with Crippen LogP contribution >= 0.6 is 0 Å². The molecule has 2 aliphatic heterocycles. The van der Waals surface area contributed by atoms with Gasteiger partial charge in [0.05, 0.1) is 39.7 Å². The quantitative estimate of drug-likeness (QED) is 0.341. The van der Waals surface area contributed by atoms with Crippen molar-refractivity contribution in [2.24, 2.45) is 0 Å². The van der Waals surface area contributed by atoms with Gasteiger partial charge in [0.15, 0.2) is 17.3 Å². The van der Waals surface area contributed by atoms with Crippen LogP contribution in [-0.4, -0.2) is 44.8 Å². The van der Waals surface area contributed by atoms with Crippen LogP contribution in [0.5, 0.6) is 17.2 Å². The first-order valence-electron chi connectivity index (χ1n) is 9.57. The van der Waals surface area contributed by atoms with E-state index in [2.05, 4.69) is 20.2 Å². The second-order valence-electron chi connectivity index (χ2n) is 7.90. The minimum absolute atomic E-state index is 0. The molecular weight excluding hydrogens is 481 g/mol. The molecule has 0 N–H and O–H groups in total. The van der Waals surface area contributed by atoms with Crippen molar-refractivity contribution in [1.29, 1.82) is 0 Å². The van der Waals surface area contributed by atoms with Crippen molar-refractivity contribution in [2.45, 2.75) is 18.9 Å². The number of carbonyl (C=O) groups excluding carboxylic acids is 1. The van der Waals surface area contributed by atoms with Crippen molar-refractivity contribution < 1.29 is 47.5 Å². The molecule has 6 heteroatoms. The number of quaternary nitrogens is 1. The molecule has 1 unspecified atom stereocenters. The molecule has 0 saturated carbocycles. The van der Waals surface area contributed by atoms with E-state index in [1.807, 2.05) is 36.4 Å². The maximum Gasteiger partial charge on any atom is 0.231 e. The number of ketones is 1. The highest BCUT2D eigenvalue weighted by molar-refractivity contribution is 5.94. The van der Waals surface area contributed by atoms with Gasteiger partial charge >= 0.3 is 0 Å². The third kappa shape index (κ3) is 4.28. The summed E-state index contributed by atoms with van der Waals surface area (Å²) >= 11 is 0. The van der Waals surface area contributed by atoms with Gasteiger partial charge in [0.25, 0.3) is 0 Å². The lowest BCUT2D eigenvalue weighted by Crippen LogP contribution is -3.00. The molecule has 2 heterocycles. The Labute approximate surface area is 188 Å². The van der Waals surface area contributed by atoms with E-state index in [9.17, 15) is 4.79 Å². The predicted molar refractivity (Wildman–Crippen MR) is 108 cm³/mol. The molecule has 0 radical (unpaired) electrons. The molecule has 0 aromatic heterocycles. The number of fused-ring (bicyclic) bond motifs is 2. The van der Waals surface area contributed by atoms with E-state index in [1.165, 1.54) is 5.56 Å². The van der Waals surface area contributed by atoms with Gasteiger partial charge in [-0.1, -0.05) is 36.4 Å². The minimum atomic E-state index is 0. The Bertz CT molecular complexity index is 924. The molecule has 0 fully saturated rings. The zero-order valence-corrected chi connectivity index (χ0v) is 19.1. The second-order valence-corrected chi connectivity index (χ2v) is 7.90. The number of hydrogen-bond donors (Lipinski definition) is 0. The number of nitrogens with zero attached hydrogens (tertiary/aromatic N) is 1. The molecule has 154 valence electrons. The molecule has 1 atom stereocenters. The molecule has 0 amide bonds. The Morgan fingerprint density at radius 2 is 2.00 bits per heavy atom. The lowest BCUT2D eigenvalue weighted by Gasteiger charge is -2.43. The van der Waals surface area contributed by atoms with Crippen molar-refractivity contribution in [2.75, 3.05) is 34.5 Å². The minimum Gasteiger partial charge on any atom is -1.00 e. The molecule has 29 heavy (non-hydrogen) atoms. The van der Waals surface area contributed by atoms with Gasteiger partial charge in [-0.2, -0.15) is 0 Å². The maximum atomic E-state index is 12.8. The maximum absolute atomic E-state index is 12.8. The topological polar surface area (TPSA) is 44.8 Å². The highest BCUT2D eigenvalue weighted by Crippen LogP contribution is 2.51. The molecule has 2 aromatic carbocycles. The highest BCUT2D eigenvalue weighted by atomic mass is 127. The van der Waals surface area contributed by atoms with Crippen LogP contribution in [0, 0.1) is 0 Å². The number of carbonyl (C=O) groups is 1. The molecule has 0 bridgehead atoms. The highest BCUT2D eigenvalue weighted by Gasteiger charge is 2.41. The largest absolute Gasteiger partial charge is 1.00 e. The van der Waals surface area contributed by atoms with E-state index >= 15 is 0 Å². The van der Waals surface area contributed by atoms with Crippen LogP contribution < -0.4 is 38.2 Å². The number of hydrogen-bond acceptors (Lipinski definition) is 4. The fourth-order valence-corrected chi connectivity index (χ4v) is 4.13. The van der Waals surface area contributed by atoms with Gasteiger partial charge in [-0.25, -0.2) is 0 Å². The monoisotopic (exact) mass is 507 g/mol. The van der Waals surface area contributed by atoms with Crippen molar-refractivity contribution >= 4 is 11.9 Å². The van der Waals surface area contributed by atoms with Gasteiger partial charge in [0.2, 0.25) is 12.5 Å². The van der Waals surface area contributed by atoms with E-state index in [4.69, 9.17) is 14.2 Å². The molecule has 0 saturated heterocycles. The van der Waals surface area contributed by atoms with Crippen molar-refractivity contribution in [3.63, 3.8) is 0 Å². The van der Waals surface area contributed by atoms with Crippen molar-refractivity contribution in [1.82, 2.24) is 0 Å². The van der Waals surface area contributed by atoms with Crippen LogP contribution in [0.15, 0.2) is 42.5 Å². The summed E-state index contributed by atoms with van der Waals surface area (Å²) in [5.74, 6) is 2.20. The molecule has 4 rings (SSSR count). The van der Waals surface area contributed by atoms with E-state index in [-0.39, 0.29) is 42.6 Å². The zero-order chi connectivity index (χ0) is 19.7. The smallest absolute Gasteiger partial charge is 0.231 e. The molecule has 5 nitrogen and oxygen atoms in total. The fourth-order valence-electron chi connectivity index (χ4n) is 4.13. The first-order valence-corrected chi connectivity index (χ1v) is 9.57. The SMILES string of the molecule is COc1c2c(cc3c1C(CC(=O)C=Cc1ccccc1)[N+](C)(C)CC3)OCO2.[I-]. The van der Waals surface area contributed by atoms with E-state index in [0.717, 1.165) is 34.3 Å². The number of allylic oxidation sites excluding steroid dienone is 1. The Balaban J connectivity index is 0.00000240. The van der Waals surface area contributed by atoms with Gasteiger partial charge < -0.3 is 42.7 Å². The summed E-state index contributed by atoms with van der Waals surface area (Å²) in [5, 5.41) is 0. The summed E-state index contributed by atoms with van der Waals surface area (Å²) < 4.78 is 17.7. The van der Waals surface area contributed by atoms with E-state index in [1.54, 1.807) is 13.2 Å². The summed E-state index contributed by atoms with van der Waals surface area (Å²) in [7, 11) is 6.00. The third-order valence-corrected chi connectivity index (χ3v) is 5.74. The van der Waals surface area contributed by atoms with Gasteiger partial charge in [-0.05, 0) is 23.3 Å². The first kappa shape index (κ1) is 21.6. The summed E-state index contributed by atoms with van der Waals surface area (Å²) in [4.78, 5) is 12.8. The number of halogens is 1. The van der Waals surface area contributed by atoms with Crippen LogP contribution in [-0.2, 0) is 11.2 Å². The normalized spacial score (nSPS) is 18.8. The Morgan fingerprint density at radius 1 is 1.24 bits per heavy atom. The molecule has 0 aliphatic carbocycles. The average Bonchev–Trinajstić information content (AvgIpc) is 3.16. The fraction of sp³-hybridized carbons (Fsp3) is 0.348. The van der Waals surface area contributed by atoms with Crippen LogP contribution in [0.25, 0.3) is 6.08 Å². The third-order valence-electron chi connectivity index (χ3n) is 5.74. The number of ether oxygens (including phenoxy) is 3. The average molecular weight is 507 g/mol. The van der Waals surface area contributed by atoms with E-state index in [0.29, 0.717) is 17.9 Å². The molecule has 2 aliphatic rings. The summed E-state index contributed by atoms with van der Waals surface area (Å²) in [6.07, 6.45) is 4.89. The lowest BCUT2D eigenvalue weighted by molar-refractivity contribution is -0.922. The predicted octanol–water partition coefficient (Wildman–Crippen LogP) is 0.774. The van der Waals surface area contributed by atoms with Crippen LogP contribution in [0.4, 0.5) is 0 Å². The van der Waals surface area contributed by atoms with E-state index < -0.39 is 0 Å². The number of methoxy groups -OCH3 is 1. The number of benzene rings is 2. The second kappa shape index (κ2) is 8.75. The summed E-state index contributed by atoms with van der Waals surface area (Å²) in [6.45, 7) is 1.16. The Kier molecular flexibility index (Phi) is 6.53. The van der Waals surface area contributed by atoms with Crippen LogP contribution in [0.3, 0.4) is 0 Å². The lowest BCUT2D eigenvalue weighted by atomic mass is 9.86. The molecule has 0 spiro atoms. The number of rotatable bonds is 5. The molecule has 2 aromatic rings. The summed E-state index contributed by atoms with van der Waals surface area (Å²) in [5.41, 5.74) is 3.28. The molecular formula is C23H26INO4. The Morgan fingerprint density at radius 3 is 2.72 bits per heavy atom. The Hall–Kier alpha value is -2.06. The van der Waals surface area contributed by atoms with Crippen LogP contribution in [0.2, 0.25) is 0 Å². The van der Waals surface area contributed by atoms with Gasteiger partial charge in [-0.15, -0.1) is 0 Å².